The summed E-state index contributed by atoms with van der Waals surface area (Å²) in [4.78, 5) is 22.7. The molecule has 0 heterocycles. The summed E-state index contributed by atoms with van der Waals surface area (Å²) >= 11 is 2.83. The number of ketones is 1. The second kappa shape index (κ2) is 12.0. The van der Waals surface area contributed by atoms with E-state index in [4.69, 9.17) is 10.4 Å². The third-order valence-corrected chi connectivity index (χ3v) is 7.02. The van der Waals surface area contributed by atoms with Crippen molar-refractivity contribution in [3.05, 3.63) is 47.5 Å². The number of benzene rings is 1. The van der Waals surface area contributed by atoms with Gasteiger partial charge in [-0.1, -0.05) is 24.3 Å². The van der Waals surface area contributed by atoms with Crippen molar-refractivity contribution in [2.45, 2.75) is 36.7 Å². The Morgan fingerprint density at radius 3 is 2.90 bits per heavy atom. The summed E-state index contributed by atoms with van der Waals surface area (Å²) in [6.45, 7) is 0. The fourth-order valence-electron chi connectivity index (χ4n) is 3.17. The van der Waals surface area contributed by atoms with Crippen molar-refractivity contribution in [2.24, 2.45) is 5.92 Å². The van der Waals surface area contributed by atoms with E-state index >= 15 is 0 Å². The molecule has 1 unspecified atom stereocenters. The number of hydrogen-bond donors (Lipinski definition) is 3. The van der Waals surface area contributed by atoms with Crippen molar-refractivity contribution in [1.82, 2.24) is 0 Å². The van der Waals surface area contributed by atoms with E-state index in [1.54, 1.807) is 30.4 Å². The van der Waals surface area contributed by atoms with Gasteiger partial charge < -0.3 is 15.3 Å². The number of carbonyl (C=O) groups is 2. The molecule has 1 aromatic carbocycles. The molecule has 1 fully saturated rings. The van der Waals surface area contributed by atoms with Gasteiger partial charge in [-0.25, -0.2) is 0 Å². The predicted octanol–water partition coefficient (Wildman–Crippen LogP) is 2.28. The highest BCUT2D eigenvalue weighted by Gasteiger charge is 2.40. The van der Waals surface area contributed by atoms with Crippen LogP contribution in [0.2, 0.25) is 0 Å². The number of carboxylic acid groups (broad SMARTS) is 1. The summed E-state index contributed by atoms with van der Waals surface area (Å²) in [5.41, 5.74) is 1.38. The van der Waals surface area contributed by atoms with E-state index in [0.717, 1.165) is 12.0 Å². The molecular weight excluding hydrogens is 410 g/mol. The summed E-state index contributed by atoms with van der Waals surface area (Å²) in [6.07, 6.45) is 3.06. The van der Waals surface area contributed by atoms with E-state index in [0.29, 0.717) is 23.5 Å². The lowest BCUT2D eigenvalue weighted by atomic mass is 10.0. The second-order valence-electron chi connectivity index (χ2n) is 6.87. The molecule has 0 aromatic heterocycles. The van der Waals surface area contributed by atoms with Gasteiger partial charge in [-0.15, -0.1) is 11.8 Å². The van der Waals surface area contributed by atoms with Crippen LogP contribution in [0.3, 0.4) is 0 Å². The Morgan fingerprint density at radius 1 is 1.38 bits per heavy atom. The molecule has 8 heteroatoms. The molecule has 6 nitrogen and oxygen atoms in total. The number of Topliss-reactive ketones (excluding diaryl/α,β-unsaturated/α-hetero) is 1. The third-order valence-electron chi connectivity index (χ3n) is 4.53. The maximum absolute atomic E-state index is 12.2. The summed E-state index contributed by atoms with van der Waals surface area (Å²) in [7, 11) is 0. The Bertz CT molecular complexity index is 777. The standard InChI is InChI=1S/C21H25NO5S2/c22-12-15-4-1-3-14(9-15)10-16(23)5-6-17-18(24)11-19(25)21(17)29-8-2-7-28-13-20(26)27/h1,3-6,9,16-18,21,23-24H,2,7-8,10-11,13H2,(H,26,27)/b6-5+/t16?,17-,18+,21+/m0/s1. The van der Waals surface area contributed by atoms with Crippen LogP contribution in [0.15, 0.2) is 36.4 Å². The molecule has 1 aromatic rings. The number of aliphatic carboxylic acids is 1. The highest BCUT2D eigenvalue weighted by atomic mass is 32.2. The number of nitrogens with zero attached hydrogens (tertiary/aromatic N) is 1. The highest BCUT2D eigenvalue weighted by Crippen LogP contribution is 2.34. The number of carboxylic acids is 1. The predicted molar refractivity (Wildman–Crippen MR) is 115 cm³/mol. The first-order valence-electron chi connectivity index (χ1n) is 9.38. The molecule has 29 heavy (non-hydrogen) atoms. The molecule has 0 amide bonds. The van der Waals surface area contributed by atoms with Gasteiger partial charge in [0.15, 0.2) is 0 Å². The molecule has 0 aliphatic heterocycles. The van der Waals surface area contributed by atoms with Crippen LogP contribution in [0.1, 0.15) is 24.0 Å². The van der Waals surface area contributed by atoms with Gasteiger partial charge in [0.05, 0.1) is 34.8 Å². The number of rotatable bonds is 11. The first-order chi connectivity index (χ1) is 13.9. The lowest BCUT2D eigenvalue weighted by molar-refractivity contribution is -0.133. The molecule has 4 atom stereocenters. The molecule has 2 rings (SSSR count). The van der Waals surface area contributed by atoms with Crippen LogP contribution < -0.4 is 0 Å². The zero-order chi connectivity index (χ0) is 21.2. The normalized spacial score (nSPS) is 22.7. The van der Waals surface area contributed by atoms with Gasteiger partial charge in [0.25, 0.3) is 0 Å². The van der Waals surface area contributed by atoms with E-state index in [-0.39, 0.29) is 29.1 Å². The average Bonchev–Trinajstić information content (AvgIpc) is 2.95. The van der Waals surface area contributed by atoms with E-state index in [9.17, 15) is 19.8 Å². The zero-order valence-electron chi connectivity index (χ0n) is 15.9. The van der Waals surface area contributed by atoms with Gasteiger partial charge in [-0.05, 0) is 35.6 Å². The van der Waals surface area contributed by atoms with E-state index in [1.807, 2.05) is 6.07 Å². The van der Waals surface area contributed by atoms with Crippen LogP contribution in [-0.4, -0.2) is 61.8 Å². The number of aliphatic hydroxyl groups excluding tert-OH is 2. The van der Waals surface area contributed by atoms with Crippen molar-refractivity contribution in [2.75, 3.05) is 17.3 Å². The van der Waals surface area contributed by atoms with Crippen LogP contribution in [0.25, 0.3) is 0 Å². The Kier molecular flexibility index (Phi) is 9.74. The SMILES string of the molecule is N#Cc1cccc(CC(O)/C=C/[C@H]2[C@H](O)CC(=O)[C@@H]2SCCCSCC(=O)O)c1. The molecule has 156 valence electrons. The molecule has 0 saturated heterocycles. The van der Waals surface area contributed by atoms with Crippen molar-refractivity contribution in [3.8, 4) is 6.07 Å². The van der Waals surface area contributed by atoms with Crippen molar-refractivity contribution in [3.63, 3.8) is 0 Å². The monoisotopic (exact) mass is 435 g/mol. The Balaban J connectivity index is 1.86. The summed E-state index contributed by atoms with van der Waals surface area (Å²) in [5.74, 6) is 0.324. The smallest absolute Gasteiger partial charge is 0.313 e. The minimum atomic E-state index is -0.833. The van der Waals surface area contributed by atoms with E-state index < -0.39 is 18.2 Å². The summed E-state index contributed by atoms with van der Waals surface area (Å²) < 4.78 is 0. The lowest BCUT2D eigenvalue weighted by Gasteiger charge is -2.17. The van der Waals surface area contributed by atoms with Gasteiger partial charge in [0, 0.05) is 18.8 Å². The van der Waals surface area contributed by atoms with Gasteiger partial charge in [-0.2, -0.15) is 17.0 Å². The molecule has 1 aliphatic carbocycles. The molecule has 0 spiro atoms. The van der Waals surface area contributed by atoms with Crippen LogP contribution in [-0.2, 0) is 16.0 Å². The highest BCUT2D eigenvalue weighted by molar-refractivity contribution is 8.01. The molecule has 3 N–H and O–H groups in total. The second-order valence-corrected chi connectivity index (χ2v) is 9.23. The Hall–Kier alpha value is -1.79. The van der Waals surface area contributed by atoms with Crippen molar-refractivity contribution in [1.29, 1.82) is 5.26 Å². The molecule has 1 saturated carbocycles. The number of hydrogen-bond acceptors (Lipinski definition) is 7. The van der Waals surface area contributed by atoms with Crippen LogP contribution >= 0.6 is 23.5 Å². The Labute approximate surface area is 179 Å². The number of aliphatic hydroxyl groups is 2. The van der Waals surface area contributed by atoms with Crippen LogP contribution in [0, 0.1) is 17.2 Å². The van der Waals surface area contributed by atoms with Crippen molar-refractivity contribution >= 4 is 35.3 Å². The minimum absolute atomic E-state index is 0.00606. The fraction of sp³-hybridized carbons (Fsp3) is 0.476. The molecular formula is C21H25NO5S2. The van der Waals surface area contributed by atoms with Gasteiger partial charge in [0.1, 0.15) is 5.78 Å². The maximum atomic E-state index is 12.2. The number of thioether (sulfide) groups is 2. The Morgan fingerprint density at radius 2 is 2.17 bits per heavy atom. The van der Waals surface area contributed by atoms with Gasteiger partial charge in [-0.3, -0.25) is 9.59 Å². The van der Waals surface area contributed by atoms with Gasteiger partial charge in [0.2, 0.25) is 0 Å². The quantitative estimate of drug-likeness (QED) is 0.358. The summed E-state index contributed by atoms with van der Waals surface area (Å²) in [5, 5.41) is 37.7. The van der Waals surface area contributed by atoms with E-state index in [1.165, 1.54) is 23.5 Å². The van der Waals surface area contributed by atoms with Crippen LogP contribution in [0.5, 0.6) is 0 Å². The topological polar surface area (TPSA) is 119 Å². The van der Waals surface area contributed by atoms with E-state index in [2.05, 4.69) is 6.07 Å². The zero-order valence-corrected chi connectivity index (χ0v) is 17.6. The fourth-order valence-corrected chi connectivity index (χ4v) is 5.36. The van der Waals surface area contributed by atoms with Crippen molar-refractivity contribution < 1.29 is 24.9 Å². The van der Waals surface area contributed by atoms with Crippen LogP contribution in [0.4, 0.5) is 0 Å². The third kappa shape index (κ3) is 7.86. The average molecular weight is 436 g/mol. The summed E-state index contributed by atoms with van der Waals surface area (Å²) in [6, 6.07) is 9.11. The largest absolute Gasteiger partial charge is 0.481 e. The number of nitriles is 1. The molecule has 0 radical (unpaired) electrons. The molecule has 0 bridgehead atoms. The molecule has 1 aliphatic rings. The minimum Gasteiger partial charge on any atom is -0.481 e. The number of carbonyl (C=O) groups excluding carboxylic acids is 1. The van der Waals surface area contributed by atoms with Gasteiger partial charge >= 0.3 is 5.97 Å². The lowest BCUT2D eigenvalue weighted by Crippen LogP contribution is -2.22. The first kappa shape index (κ1) is 23.5. The maximum Gasteiger partial charge on any atom is 0.313 e. The first-order valence-corrected chi connectivity index (χ1v) is 11.6.